The molecule has 0 spiro atoms. The van der Waals surface area contributed by atoms with Crippen molar-refractivity contribution in [2.75, 3.05) is 32.8 Å². The number of para-hydroxylation sites is 1. The molecule has 1 aromatic rings. The predicted octanol–water partition coefficient (Wildman–Crippen LogP) is -8.25. The van der Waals surface area contributed by atoms with Crippen LogP contribution in [0.5, 0.6) is 11.5 Å². The van der Waals surface area contributed by atoms with Crippen molar-refractivity contribution in [3.05, 3.63) is 23.8 Å². The zero-order valence-electron chi connectivity index (χ0n) is 34.4. The number of benzene rings is 1. The van der Waals surface area contributed by atoms with Crippen LogP contribution >= 0.6 is 0 Å². The van der Waals surface area contributed by atoms with Crippen LogP contribution in [0.1, 0.15) is 48.9 Å². The van der Waals surface area contributed by atoms with Crippen molar-refractivity contribution in [3.63, 3.8) is 0 Å². The van der Waals surface area contributed by atoms with Crippen molar-refractivity contribution in [2.24, 2.45) is 22.2 Å². The number of unbranched alkanes of at least 4 members (excludes halogenated alkanes) is 1. The molecule has 0 radical (unpaired) electrons. The summed E-state index contributed by atoms with van der Waals surface area (Å²) in [4.78, 5) is 131. The van der Waals surface area contributed by atoms with E-state index >= 15 is 0 Å². The van der Waals surface area contributed by atoms with E-state index in [0.29, 0.717) is 12.8 Å². The largest absolute Gasteiger partial charge is 0.504 e. The number of nitrogens with two attached hydrogens (primary N) is 3. The van der Waals surface area contributed by atoms with Gasteiger partial charge in [-0.25, -0.2) is 14.4 Å². The fourth-order valence-corrected chi connectivity index (χ4v) is 5.65. The van der Waals surface area contributed by atoms with Gasteiger partial charge in [0.05, 0.1) is 31.2 Å². The zero-order chi connectivity index (χ0) is 49.0. The number of ether oxygens (including phenoxy) is 1. The van der Waals surface area contributed by atoms with Crippen molar-refractivity contribution < 1.29 is 88.4 Å². The van der Waals surface area contributed by atoms with Gasteiger partial charge in [-0.2, -0.15) is 0 Å². The van der Waals surface area contributed by atoms with Crippen LogP contribution in [0, 0.1) is 0 Å². The summed E-state index contributed by atoms with van der Waals surface area (Å²) >= 11 is 0. The van der Waals surface area contributed by atoms with Gasteiger partial charge in [0.1, 0.15) is 24.7 Å². The number of esters is 1. The number of aliphatic hydroxyl groups is 3. The Morgan fingerprint density at radius 1 is 0.815 bits per heavy atom. The molecule has 29 heteroatoms. The number of carboxylic acid groups (broad SMARTS) is 2. The molecule has 0 bridgehead atoms. The Balaban J connectivity index is 2.28. The molecule has 1 aliphatic heterocycles. The van der Waals surface area contributed by atoms with Gasteiger partial charge in [0.25, 0.3) is 5.91 Å². The highest BCUT2D eigenvalue weighted by atomic mass is 16.5. The van der Waals surface area contributed by atoms with E-state index in [2.05, 4.69) is 26.3 Å². The van der Waals surface area contributed by atoms with E-state index in [1.165, 1.54) is 18.2 Å². The SMILES string of the molecule is NC(N)=NCCC[C@@H]1NC(=O)CNC(=O)[C@H](NC(=O)C[C@@H](O)[C@@H](N)CCCCNC(=O)c2cccc(O)c2O)COC(=O)[C@H]([C@H](O)C(=O)O)NC(=O)CNC(=O)[C@H]([C@H](O)C(=O)O)NC1=O. The van der Waals surface area contributed by atoms with E-state index in [4.69, 9.17) is 21.9 Å². The minimum atomic E-state index is -2.73. The Morgan fingerprint density at radius 2 is 1.43 bits per heavy atom. The Hall–Kier alpha value is -7.37. The fourth-order valence-electron chi connectivity index (χ4n) is 5.65. The molecule has 0 unspecified atom stereocenters. The van der Waals surface area contributed by atoms with E-state index in [-0.39, 0.29) is 43.9 Å². The molecule has 65 heavy (non-hydrogen) atoms. The third kappa shape index (κ3) is 18.1. The molecular weight excluding hydrogens is 874 g/mol. The summed E-state index contributed by atoms with van der Waals surface area (Å²) in [6.45, 7) is -3.33. The van der Waals surface area contributed by atoms with Gasteiger partial charge in [-0.3, -0.25) is 38.6 Å². The molecule has 0 saturated carbocycles. The molecule has 1 aliphatic rings. The number of aliphatic carboxylic acids is 2. The molecule has 20 N–H and O–H groups in total. The number of carboxylic acids is 2. The van der Waals surface area contributed by atoms with Crippen LogP contribution in [-0.4, -0.2) is 182 Å². The summed E-state index contributed by atoms with van der Waals surface area (Å²) in [5.41, 5.74) is 16.5. The normalized spacial score (nSPS) is 21.0. The molecule has 0 aliphatic carbocycles. The molecule has 360 valence electrons. The lowest BCUT2D eigenvalue weighted by Gasteiger charge is -2.25. The zero-order valence-corrected chi connectivity index (χ0v) is 34.4. The first-order valence-corrected chi connectivity index (χ1v) is 19.5. The van der Waals surface area contributed by atoms with Crippen molar-refractivity contribution >= 4 is 65.2 Å². The maximum absolute atomic E-state index is 13.4. The highest BCUT2D eigenvalue weighted by molar-refractivity contribution is 5.99. The third-order valence-corrected chi connectivity index (χ3v) is 9.17. The van der Waals surface area contributed by atoms with Gasteiger partial charge in [0.2, 0.25) is 35.4 Å². The van der Waals surface area contributed by atoms with Gasteiger partial charge < -0.3 is 94.9 Å². The number of phenolic OH excluding ortho intramolecular Hbond substituents is 2. The number of nitrogens with one attached hydrogen (secondary N) is 7. The number of nitrogens with zero attached hydrogens (tertiary/aromatic N) is 1. The summed E-state index contributed by atoms with van der Waals surface area (Å²) in [5, 5.41) is 83.9. The van der Waals surface area contributed by atoms with Gasteiger partial charge in [0, 0.05) is 19.1 Å². The van der Waals surface area contributed by atoms with Gasteiger partial charge in [-0.15, -0.1) is 0 Å². The molecule has 1 fully saturated rings. The van der Waals surface area contributed by atoms with Crippen LogP contribution in [0.15, 0.2) is 23.2 Å². The number of carbonyl (C=O) groups excluding carboxylic acids is 8. The van der Waals surface area contributed by atoms with Crippen LogP contribution in [0.25, 0.3) is 0 Å². The van der Waals surface area contributed by atoms with Gasteiger partial charge in [0.15, 0.2) is 35.7 Å². The Morgan fingerprint density at radius 3 is 2.06 bits per heavy atom. The quantitative estimate of drug-likeness (QED) is 0.0214. The van der Waals surface area contributed by atoms with Crippen LogP contribution in [0.2, 0.25) is 0 Å². The second-order valence-corrected chi connectivity index (χ2v) is 14.2. The van der Waals surface area contributed by atoms with E-state index in [1.807, 2.05) is 10.6 Å². The van der Waals surface area contributed by atoms with Crippen LogP contribution in [0.3, 0.4) is 0 Å². The Labute approximate surface area is 367 Å². The predicted molar refractivity (Wildman–Crippen MR) is 216 cm³/mol. The summed E-state index contributed by atoms with van der Waals surface area (Å²) in [6.07, 6.45) is -7.28. The maximum atomic E-state index is 13.4. The first-order valence-electron chi connectivity index (χ1n) is 19.5. The van der Waals surface area contributed by atoms with Gasteiger partial charge in [-0.1, -0.05) is 12.5 Å². The van der Waals surface area contributed by atoms with Crippen molar-refractivity contribution in [1.29, 1.82) is 0 Å². The van der Waals surface area contributed by atoms with E-state index in [9.17, 15) is 83.7 Å². The van der Waals surface area contributed by atoms with Crippen molar-refractivity contribution in [2.45, 2.75) is 87.0 Å². The number of carbonyl (C=O) groups is 10. The average Bonchev–Trinajstić information content (AvgIpc) is 3.24. The molecule has 8 atom stereocenters. The minimum Gasteiger partial charge on any atom is -0.504 e. The van der Waals surface area contributed by atoms with Crippen LogP contribution < -0.4 is 54.4 Å². The summed E-state index contributed by atoms with van der Waals surface area (Å²) in [6, 6.07) is -5.58. The van der Waals surface area contributed by atoms with Crippen molar-refractivity contribution in [3.8, 4) is 11.5 Å². The van der Waals surface area contributed by atoms with Gasteiger partial charge in [-0.05, 0) is 37.8 Å². The number of aromatic hydroxyl groups is 2. The van der Waals surface area contributed by atoms with E-state index in [1.54, 1.807) is 5.32 Å². The molecular formula is C36H53N11O18. The number of hydrogen-bond acceptors (Lipinski definition) is 18. The summed E-state index contributed by atoms with van der Waals surface area (Å²) in [5.74, 6) is -15.5. The number of hydrogen-bond donors (Lipinski definition) is 17. The fraction of sp³-hybridized carbons (Fsp3) is 0.528. The number of phenols is 2. The lowest BCUT2D eigenvalue weighted by Crippen LogP contribution is -2.60. The average molecular weight is 928 g/mol. The lowest BCUT2D eigenvalue weighted by molar-refractivity contribution is -0.161. The van der Waals surface area contributed by atoms with E-state index < -0.39 is 145 Å². The molecule has 1 saturated heterocycles. The monoisotopic (exact) mass is 927 g/mol. The van der Waals surface area contributed by atoms with Crippen molar-refractivity contribution in [1.82, 2.24) is 37.2 Å². The molecule has 1 aromatic carbocycles. The highest BCUT2D eigenvalue weighted by Crippen LogP contribution is 2.28. The van der Waals surface area contributed by atoms with Crippen LogP contribution in [0.4, 0.5) is 0 Å². The molecule has 29 nitrogen and oxygen atoms in total. The highest BCUT2D eigenvalue weighted by Gasteiger charge is 2.38. The first kappa shape index (κ1) is 53.8. The second kappa shape index (κ2) is 26.3. The minimum absolute atomic E-state index is 0.0225. The number of guanidine groups is 1. The Bertz CT molecular complexity index is 1950. The smallest absolute Gasteiger partial charge is 0.335 e. The third-order valence-electron chi connectivity index (χ3n) is 9.17. The van der Waals surface area contributed by atoms with Gasteiger partial charge >= 0.3 is 17.9 Å². The molecule has 1 heterocycles. The summed E-state index contributed by atoms with van der Waals surface area (Å²) in [7, 11) is 0. The number of cyclic esters (lactones) is 1. The maximum Gasteiger partial charge on any atom is 0.335 e. The first-order chi connectivity index (χ1) is 30.5. The topological polar surface area (TPSA) is 496 Å². The second-order valence-electron chi connectivity index (χ2n) is 14.2. The molecule has 7 amide bonds. The number of amides is 7. The number of aliphatic hydroxyl groups excluding tert-OH is 3. The van der Waals surface area contributed by atoms with Crippen LogP contribution in [-0.2, 0) is 47.9 Å². The lowest BCUT2D eigenvalue weighted by atomic mass is 10.0. The summed E-state index contributed by atoms with van der Waals surface area (Å²) < 4.78 is 4.97. The molecule has 0 aromatic heterocycles. The number of rotatable bonds is 18. The Kier molecular flexibility index (Phi) is 21.8. The van der Waals surface area contributed by atoms with E-state index in [0.717, 1.165) is 0 Å². The molecule has 2 rings (SSSR count). The standard InChI is InChI=1S/C36H53N11O18/c37-16(6-1-2-9-40-29(56)15-5-3-8-19(48)26(15)53)20(49)11-21(50)45-18-14-65-35(64)25(28(55)34(62)63)46-23(52)13-43-32(59)24(27(54)33(60)61)47-31(58)17(7-4-10-41-36(38)39)44-22(51)12-42-30(18)57/h3,5,8,16-18,20,24-25,27-28,48-49,53-55H,1-2,4,6-7,9-14,37H2,(H,40,56)(H,42,57)(H,43,59)(H,44,51)(H,45,50)(H,46,52)(H,47,58)(H,60,61)(H,62,63)(H4,38,39,41)/t16-,17-,18+,20+,24-,25-,27-,28-/m0/s1. The number of aliphatic imine (C=N–C) groups is 1.